The number of aromatic nitrogens is 4. The second-order valence-electron chi connectivity index (χ2n) is 21.2. The molecule has 6 aromatic heterocycles. The monoisotopic (exact) mass is 858 g/mol. The fourth-order valence-electron chi connectivity index (χ4n) is 12.1. The van der Waals surface area contributed by atoms with Crippen molar-refractivity contribution in [1.29, 1.82) is 0 Å². The molecule has 4 heteroatoms. The number of nitrogens with zero attached hydrogens (tertiary/aromatic N) is 4. The van der Waals surface area contributed by atoms with Gasteiger partial charge in [-0.25, -0.2) is 4.98 Å². The number of hydrogen-bond donors (Lipinski definition) is 0. The molecule has 9 aromatic carbocycles. The van der Waals surface area contributed by atoms with Crippen molar-refractivity contribution in [1.82, 2.24) is 18.4 Å². The summed E-state index contributed by atoms with van der Waals surface area (Å²) in [6.07, 6.45) is 0. The lowest BCUT2D eigenvalue weighted by Gasteiger charge is -2.21. The van der Waals surface area contributed by atoms with Gasteiger partial charge in [-0.05, 0) is 122 Å². The molecule has 0 aliphatic rings. The molecule has 0 unspecified atom stereocenters. The van der Waals surface area contributed by atoms with E-state index in [1.807, 2.05) is 0 Å². The molecule has 6 heterocycles. The first-order valence-corrected chi connectivity index (χ1v) is 23.7. The highest BCUT2D eigenvalue weighted by atomic mass is 15.0. The van der Waals surface area contributed by atoms with Crippen molar-refractivity contribution >= 4 is 120 Å². The van der Waals surface area contributed by atoms with Crippen molar-refractivity contribution in [3.63, 3.8) is 0 Å². The van der Waals surface area contributed by atoms with E-state index in [-0.39, 0.29) is 10.8 Å². The summed E-state index contributed by atoms with van der Waals surface area (Å²) in [6, 6.07) is 64.0. The number of rotatable bonds is 2. The largest absolute Gasteiger partial charge is 0.309 e. The summed E-state index contributed by atoms with van der Waals surface area (Å²) >= 11 is 0. The van der Waals surface area contributed by atoms with Crippen LogP contribution in [0.5, 0.6) is 0 Å². The molecule has 15 aromatic rings. The minimum atomic E-state index is -0.0926. The molecule has 0 spiro atoms. The summed E-state index contributed by atoms with van der Waals surface area (Å²) in [6.45, 7) is 14.0. The van der Waals surface area contributed by atoms with Crippen LogP contribution in [0.3, 0.4) is 0 Å². The average molecular weight is 859 g/mol. The van der Waals surface area contributed by atoms with E-state index in [1.54, 1.807) is 0 Å². The van der Waals surface area contributed by atoms with Gasteiger partial charge in [0.15, 0.2) is 0 Å². The van der Waals surface area contributed by atoms with Crippen LogP contribution in [0, 0.1) is 0 Å². The number of pyridine rings is 1. The van der Waals surface area contributed by atoms with E-state index in [0.717, 1.165) is 22.4 Å². The van der Waals surface area contributed by atoms with E-state index >= 15 is 0 Å². The molecular weight excluding hydrogens is 813 g/mol. The van der Waals surface area contributed by atoms with Gasteiger partial charge in [0.2, 0.25) is 0 Å². The normalized spacial score (nSPS) is 13.2. The van der Waals surface area contributed by atoms with Crippen molar-refractivity contribution in [2.45, 2.75) is 52.4 Å². The quantitative estimate of drug-likeness (QED) is 0.170. The Hall–Kier alpha value is -7.95. The maximum atomic E-state index is 5.94. The van der Waals surface area contributed by atoms with Crippen LogP contribution >= 0.6 is 0 Å². The number of hydrogen-bond acceptors (Lipinski definition) is 1. The summed E-state index contributed by atoms with van der Waals surface area (Å²) in [5.41, 5.74) is 16.7. The van der Waals surface area contributed by atoms with Crippen molar-refractivity contribution in [2.24, 2.45) is 0 Å². The highest BCUT2D eigenvalue weighted by Crippen LogP contribution is 2.50. The van der Waals surface area contributed by atoms with E-state index in [9.17, 15) is 0 Å². The zero-order valence-corrected chi connectivity index (χ0v) is 38.5. The molecule has 15 rings (SSSR count). The van der Waals surface area contributed by atoms with Gasteiger partial charge in [0, 0.05) is 59.7 Å². The average Bonchev–Trinajstić information content (AvgIpc) is 4.12. The lowest BCUT2D eigenvalue weighted by atomic mass is 9.83. The first kappa shape index (κ1) is 37.3. The molecule has 0 aliphatic carbocycles. The predicted octanol–water partition coefficient (Wildman–Crippen LogP) is 17.0. The summed E-state index contributed by atoms with van der Waals surface area (Å²) in [7, 11) is 0. The van der Waals surface area contributed by atoms with Crippen LogP contribution in [-0.2, 0) is 10.8 Å². The van der Waals surface area contributed by atoms with Gasteiger partial charge in [0.05, 0.1) is 44.1 Å². The highest BCUT2D eigenvalue weighted by molar-refractivity contribution is 6.35. The molecule has 318 valence electrons. The van der Waals surface area contributed by atoms with E-state index in [0.29, 0.717) is 0 Å². The Labute approximate surface area is 386 Å². The van der Waals surface area contributed by atoms with Crippen LogP contribution in [0.2, 0.25) is 0 Å². The Kier molecular flexibility index (Phi) is 6.94. The Balaban J connectivity index is 1.12. The van der Waals surface area contributed by atoms with E-state index < -0.39 is 0 Å². The predicted molar refractivity (Wildman–Crippen MR) is 286 cm³/mol. The van der Waals surface area contributed by atoms with Crippen LogP contribution in [0.4, 0.5) is 0 Å². The molecule has 67 heavy (non-hydrogen) atoms. The van der Waals surface area contributed by atoms with Gasteiger partial charge in [-0.2, -0.15) is 0 Å². The third-order valence-corrected chi connectivity index (χ3v) is 15.3. The molecule has 4 nitrogen and oxygen atoms in total. The maximum absolute atomic E-state index is 5.94. The molecule has 0 saturated carbocycles. The van der Waals surface area contributed by atoms with Crippen molar-refractivity contribution in [2.75, 3.05) is 0 Å². The van der Waals surface area contributed by atoms with Crippen molar-refractivity contribution in [3.8, 4) is 16.8 Å². The van der Waals surface area contributed by atoms with Crippen LogP contribution in [0.15, 0.2) is 170 Å². The molecule has 0 fully saturated rings. The maximum Gasteiger partial charge on any atom is 0.146 e. The van der Waals surface area contributed by atoms with Gasteiger partial charge in [0.1, 0.15) is 5.65 Å². The lowest BCUT2D eigenvalue weighted by Crippen LogP contribution is -2.11. The van der Waals surface area contributed by atoms with Crippen LogP contribution < -0.4 is 0 Å². The third kappa shape index (κ3) is 4.79. The topological polar surface area (TPSA) is 26.6 Å². The summed E-state index contributed by atoms with van der Waals surface area (Å²) in [4.78, 5) is 5.94. The van der Waals surface area contributed by atoms with Gasteiger partial charge in [0.25, 0.3) is 0 Å². The molecule has 0 aliphatic heterocycles. The fourth-order valence-corrected chi connectivity index (χ4v) is 12.1. The van der Waals surface area contributed by atoms with Gasteiger partial charge < -0.3 is 8.97 Å². The number of benzene rings is 9. The molecular formula is C63H46N4. The summed E-state index contributed by atoms with van der Waals surface area (Å²) < 4.78 is 7.47. The molecule has 0 saturated heterocycles. The minimum Gasteiger partial charge on any atom is -0.309 e. The third-order valence-electron chi connectivity index (χ3n) is 15.3. The zero-order valence-electron chi connectivity index (χ0n) is 38.5. The second kappa shape index (κ2) is 12.5. The van der Waals surface area contributed by atoms with E-state index in [1.165, 1.54) is 125 Å². The summed E-state index contributed by atoms with van der Waals surface area (Å²) in [5.74, 6) is 0. The number of para-hydroxylation sites is 2. The molecule has 0 N–H and O–H groups in total. The van der Waals surface area contributed by atoms with Crippen molar-refractivity contribution in [3.05, 3.63) is 181 Å². The Morgan fingerprint density at radius 1 is 0.373 bits per heavy atom. The smallest absolute Gasteiger partial charge is 0.146 e. The molecule has 0 amide bonds. The number of fused-ring (bicyclic) bond motifs is 19. The van der Waals surface area contributed by atoms with Crippen molar-refractivity contribution < 1.29 is 0 Å². The van der Waals surface area contributed by atoms with Crippen LogP contribution in [0.1, 0.15) is 52.7 Å². The molecule has 0 atom stereocenters. The first-order chi connectivity index (χ1) is 32.5. The SMILES string of the molecule is CC(C)(C)c1ccc2c(c1)c1c3ccccc3cc3c4nc5c(cc4n2c31)c1cc2ccccc2c2c3cc(C(C)(C)C)cc(-c4ccc6c(c4)c4ccccc4n6-c4ccccc4)c3n5c12. The van der Waals surface area contributed by atoms with Gasteiger partial charge in [-0.3, -0.25) is 4.40 Å². The van der Waals surface area contributed by atoms with Gasteiger partial charge >= 0.3 is 0 Å². The Morgan fingerprint density at radius 2 is 0.985 bits per heavy atom. The first-order valence-electron chi connectivity index (χ1n) is 23.7. The Morgan fingerprint density at radius 3 is 1.73 bits per heavy atom. The summed E-state index contributed by atoms with van der Waals surface area (Å²) in [5, 5.41) is 16.3. The van der Waals surface area contributed by atoms with Crippen LogP contribution in [0.25, 0.3) is 137 Å². The lowest BCUT2D eigenvalue weighted by molar-refractivity contribution is 0.591. The van der Waals surface area contributed by atoms with E-state index in [2.05, 4.69) is 225 Å². The van der Waals surface area contributed by atoms with E-state index in [4.69, 9.17) is 4.98 Å². The Bertz CT molecular complexity index is 4620. The minimum absolute atomic E-state index is 0.0252. The molecule has 0 bridgehead atoms. The molecule has 0 radical (unpaired) electrons. The highest BCUT2D eigenvalue weighted by Gasteiger charge is 2.29. The van der Waals surface area contributed by atoms with Gasteiger partial charge in [-0.15, -0.1) is 0 Å². The second-order valence-corrected chi connectivity index (χ2v) is 21.2. The van der Waals surface area contributed by atoms with Gasteiger partial charge in [-0.1, -0.05) is 139 Å². The standard InChI is InChI=1S/C63H46N4/c1-62(2,3)38-25-27-53-48(31-38)55-41-20-12-11-17-36(41)30-50-57-54(66(53)60(50)55)34-47-46-29-35-16-10-13-21-42(35)56-49-33-39(63(4,5)6)32-44(58(49)67(59(46)56)61(47)64-57)37-24-26-52-45(28-37)43-22-14-15-23-51(43)65(52)40-18-8-7-9-19-40/h7-34H,1-6H3. The fraction of sp³-hybridized carbons (Fsp3) is 0.127. The zero-order chi connectivity index (χ0) is 44.8. The van der Waals surface area contributed by atoms with Crippen LogP contribution in [-0.4, -0.2) is 18.4 Å².